The Morgan fingerprint density at radius 3 is 1.39 bits per heavy atom. The third-order valence-corrected chi connectivity index (χ3v) is 7.81. The fourth-order valence-electron chi connectivity index (χ4n) is 4.02. The summed E-state index contributed by atoms with van der Waals surface area (Å²) < 4.78 is 14.7. The molecule has 3 rings (SSSR count). The van der Waals surface area contributed by atoms with Gasteiger partial charge in [-0.1, -0.05) is 37.3 Å². The summed E-state index contributed by atoms with van der Waals surface area (Å²) in [5.74, 6) is 1.31. The number of hydrogen-bond donors (Lipinski definition) is 2. The molecule has 176 valence electrons. The monoisotopic (exact) mass is 704 g/mol. The van der Waals surface area contributed by atoms with E-state index in [0.717, 1.165) is 41.0 Å². The molecule has 0 aliphatic heterocycles. The van der Waals surface area contributed by atoms with Crippen LogP contribution in [-0.2, 0) is 5.41 Å². The Kier molecular flexibility index (Phi) is 9.85. The van der Waals surface area contributed by atoms with Crippen LogP contribution in [0.3, 0.4) is 0 Å². The first-order valence-corrected chi connectivity index (χ1v) is 13.6. The molecule has 8 heteroatoms. The maximum absolute atomic E-state index is 9.17. The molecule has 0 spiro atoms. The number of halogens is 4. The molecular formula is C25H24Br4O4. The van der Waals surface area contributed by atoms with Gasteiger partial charge in [-0.05, 0) is 111 Å². The molecule has 0 aromatic heterocycles. The Balaban J connectivity index is 2.26. The highest BCUT2D eigenvalue weighted by Crippen LogP contribution is 2.49. The molecule has 2 N–H and O–H groups in total. The van der Waals surface area contributed by atoms with E-state index >= 15 is 0 Å². The number of aliphatic hydroxyl groups is 2. The van der Waals surface area contributed by atoms with Crippen LogP contribution in [-0.4, -0.2) is 36.6 Å². The van der Waals surface area contributed by atoms with Gasteiger partial charge in [0.25, 0.3) is 0 Å². The zero-order valence-electron chi connectivity index (χ0n) is 18.0. The molecule has 0 aliphatic rings. The molecule has 33 heavy (non-hydrogen) atoms. The van der Waals surface area contributed by atoms with Crippen LogP contribution < -0.4 is 9.47 Å². The minimum Gasteiger partial charge on any atom is -0.489 e. The van der Waals surface area contributed by atoms with Crippen LogP contribution in [0.1, 0.15) is 30.0 Å². The fraction of sp³-hybridized carbons (Fsp3) is 0.280. The predicted octanol–water partition coefficient (Wildman–Crippen LogP) is 7.22. The molecule has 0 unspecified atom stereocenters. The molecule has 3 aromatic rings. The molecule has 0 heterocycles. The van der Waals surface area contributed by atoms with Gasteiger partial charge in [0.1, 0.15) is 24.7 Å². The zero-order chi connectivity index (χ0) is 24.0. The summed E-state index contributed by atoms with van der Waals surface area (Å²) >= 11 is 14.7. The van der Waals surface area contributed by atoms with E-state index in [1.807, 2.05) is 18.2 Å². The summed E-state index contributed by atoms with van der Waals surface area (Å²) in [6, 6.07) is 18.7. The summed E-state index contributed by atoms with van der Waals surface area (Å²) in [6.45, 7) is 2.47. The van der Waals surface area contributed by atoms with Crippen LogP contribution in [0.15, 0.2) is 72.5 Å². The van der Waals surface area contributed by atoms with Crippen molar-refractivity contribution in [2.24, 2.45) is 0 Å². The molecule has 0 fully saturated rings. The van der Waals surface area contributed by atoms with E-state index in [1.165, 1.54) is 0 Å². The first kappa shape index (κ1) is 26.7. The molecule has 0 aliphatic carbocycles. The van der Waals surface area contributed by atoms with Gasteiger partial charge in [0, 0.05) is 5.41 Å². The van der Waals surface area contributed by atoms with Crippen molar-refractivity contribution in [1.29, 1.82) is 0 Å². The highest BCUT2D eigenvalue weighted by Gasteiger charge is 2.36. The van der Waals surface area contributed by atoms with E-state index < -0.39 is 5.41 Å². The lowest BCUT2D eigenvalue weighted by Crippen LogP contribution is -2.29. The second-order valence-corrected chi connectivity index (χ2v) is 10.7. The van der Waals surface area contributed by atoms with Crippen molar-refractivity contribution >= 4 is 63.7 Å². The standard InChI is InChI=1S/C25H24Br4O4/c1-2-25(16-6-4-3-5-7-16,17-12-19(26)23(20(27)13-17)32-10-8-30)18-14-21(28)24(22(29)15-18)33-11-9-31/h3-7,12-15,30-31H,2,8-11H2,1H3. The number of ether oxygens (including phenoxy) is 2. The molecule has 3 aromatic carbocycles. The van der Waals surface area contributed by atoms with E-state index in [4.69, 9.17) is 19.7 Å². The Labute approximate surface area is 227 Å². The summed E-state index contributed by atoms with van der Waals surface area (Å²) in [5.41, 5.74) is 2.84. The van der Waals surface area contributed by atoms with Crippen molar-refractivity contribution in [3.63, 3.8) is 0 Å². The van der Waals surface area contributed by atoms with Crippen LogP contribution in [0.2, 0.25) is 0 Å². The summed E-state index contributed by atoms with van der Waals surface area (Å²) in [6.07, 6.45) is 0.794. The average Bonchev–Trinajstić information content (AvgIpc) is 2.80. The molecule has 0 saturated heterocycles. The normalized spacial score (nSPS) is 11.5. The van der Waals surface area contributed by atoms with Gasteiger partial charge < -0.3 is 19.7 Å². The molecule has 4 nitrogen and oxygen atoms in total. The number of rotatable bonds is 10. The third-order valence-electron chi connectivity index (χ3n) is 5.45. The first-order chi connectivity index (χ1) is 15.9. The minimum absolute atomic E-state index is 0.0592. The molecule has 0 saturated carbocycles. The van der Waals surface area contributed by atoms with Crippen LogP contribution in [0, 0.1) is 0 Å². The molecule has 0 bridgehead atoms. The highest BCUT2D eigenvalue weighted by atomic mass is 79.9. The Hall–Kier alpha value is -0.900. The van der Waals surface area contributed by atoms with Crippen molar-refractivity contribution < 1.29 is 19.7 Å². The minimum atomic E-state index is -0.470. The maximum atomic E-state index is 9.17. The Bertz CT molecular complexity index is 980. The topological polar surface area (TPSA) is 58.9 Å². The Morgan fingerprint density at radius 1 is 0.667 bits per heavy atom. The smallest absolute Gasteiger partial charge is 0.147 e. The van der Waals surface area contributed by atoms with Crippen molar-refractivity contribution in [1.82, 2.24) is 0 Å². The maximum Gasteiger partial charge on any atom is 0.147 e. The fourth-order valence-corrected chi connectivity index (χ4v) is 6.85. The van der Waals surface area contributed by atoms with Crippen LogP contribution >= 0.6 is 63.7 Å². The van der Waals surface area contributed by atoms with Crippen molar-refractivity contribution in [3.05, 3.63) is 89.2 Å². The van der Waals surface area contributed by atoms with Gasteiger partial charge in [0.15, 0.2) is 0 Å². The van der Waals surface area contributed by atoms with Crippen molar-refractivity contribution in [2.75, 3.05) is 26.4 Å². The van der Waals surface area contributed by atoms with Gasteiger partial charge in [0.05, 0.1) is 31.1 Å². The van der Waals surface area contributed by atoms with Gasteiger partial charge in [-0.25, -0.2) is 0 Å². The highest BCUT2D eigenvalue weighted by molar-refractivity contribution is 9.11. The van der Waals surface area contributed by atoms with E-state index in [-0.39, 0.29) is 26.4 Å². The van der Waals surface area contributed by atoms with Gasteiger partial charge in [-0.15, -0.1) is 0 Å². The van der Waals surface area contributed by atoms with Crippen molar-refractivity contribution in [3.8, 4) is 11.5 Å². The van der Waals surface area contributed by atoms with E-state index in [1.54, 1.807) is 0 Å². The van der Waals surface area contributed by atoms with E-state index in [0.29, 0.717) is 11.5 Å². The van der Waals surface area contributed by atoms with E-state index in [2.05, 4.69) is 107 Å². The number of benzene rings is 3. The average molecular weight is 708 g/mol. The van der Waals surface area contributed by atoms with Gasteiger partial charge in [0.2, 0.25) is 0 Å². The summed E-state index contributed by atoms with van der Waals surface area (Å²) in [7, 11) is 0. The van der Waals surface area contributed by atoms with Crippen molar-refractivity contribution in [2.45, 2.75) is 18.8 Å². The zero-order valence-corrected chi connectivity index (χ0v) is 24.3. The lowest BCUT2D eigenvalue weighted by atomic mass is 9.68. The van der Waals surface area contributed by atoms with Crippen LogP contribution in [0.25, 0.3) is 0 Å². The largest absolute Gasteiger partial charge is 0.489 e. The van der Waals surface area contributed by atoms with Gasteiger partial charge in [-0.3, -0.25) is 0 Å². The Morgan fingerprint density at radius 2 is 1.06 bits per heavy atom. The first-order valence-electron chi connectivity index (χ1n) is 10.4. The molecule has 0 atom stereocenters. The van der Waals surface area contributed by atoms with Gasteiger partial charge >= 0.3 is 0 Å². The second-order valence-electron chi connectivity index (χ2n) is 7.31. The molecule has 0 radical (unpaired) electrons. The third kappa shape index (κ3) is 5.68. The van der Waals surface area contributed by atoms with Crippen LogP contribution in [0.5, 0.6) is 11.5 Å². The SMILES string of the molecule is CCC(c1ccccc1)(c1cc(Br)c(OCCO)c(Br)c1)c1cc(Br)c(OCCO)c(Br)c1. The lowest BCUT2D eigenvalue weighted by Gasteiger charge is -2.36. The summed E-state index contributed by atoms with van der Waals surface area (Å²) in [4.78, 5) is 0. The van der Waals surface area contributed by atoms with Crippen LogP contribution in [0.4, 0.5) is 0 Å². The predicted molar refractivity (Wildman–Crippen MR) is 145 cm³/mol. The number of aliphatic hydroxyl groups excluding tert-OH is 2. The number of hydrogen-bond acceptors (Lipinski definition) is 4. The quantitative estimate of drug-likeness (QED) is 0.219. The molecular weight excluding hydrogens is 684 g/mol. The second kappa shape index (κ2) is 12.2. The van der Waals surface area contributed by atoms with E-state index in [9.17, 15) is 0 Å². The molecule has 0 amide bonds. The van der Waals surface area contributed by atoms with Gasteiger partial charge in [-0.2, -0.15) is 0 Å². The lowest BCUT2D eigenvalue weighted by molar-refractivity contribution is 0.200. The summed E-state index contributed by atoms with van der Waals surface area (Å²) in [5, 5.41) is 18.3.